The molecule has 2 N–H and O–H groups in total. The Kier molecular flexibility index (Phi) is 6.79. The third-order valence-electron chi connectivity index (χ3n) is 4.31. The van der Waals surface area contributed by atoms with Gasteiger partial charge in [-0.1, -0.05) is 22.9 Å². The van der Waals surface area contributed by atoms with E-state index in [1.54, 1.807) is 24.3 Å². The zero-order chi connectivity index (χ0) is 17.7. The van der Waals surface area contributed by atoms with Crippen LogP contribution >= 0.6 is 15.9 Å². The number of quaternary nitrogens is 1. The Hall–Kier alpha value is -0.960. The van der Waals surface area contributed by atoms with Crippen LogP contribution in [0.25, 0.3) is 0 Å². The fourth-order valence-electron chi connectivity index (χ4n) is 2.63. The van der Waals surface area contributed by atoms with E-state index in [1.165, 1.54) is 4.31 Å². The molecule has 1 fully saturated rings. The topological polar surface area (TPSA) is 70.9 Å². The van der Waals surface area contributed by atoms with Gasteiger partial charge in [0.2, 0.25) is 10.0 Å². The Bertz CT molecular complexity index is 656. The molecule has 1 amide bonds. The van der Waals surface area contributed by atoms with Gasteiger partial charge >= 0.3 is 0 Å². The molecular weight excluding hydrogens is 394 g/mol. The van der Waals surface area contributed by atoms with E-state index in [1.807, 2.05) is 13.8 Å². The second kappa shape index (κ2) is 8.42. The highest BCUT2D eigenvalue weighted by Crippen LogP contribution is 2.18. The summed E-state index contributed by atoms with van der Waals surface area (Å²) < 4.78 is 27.6. The van der Waals surface area contributed by atoms with Gasteiger partial charge in [0.05, 0.1) is 31.1 Å². The average Bonchev–Trinajstić information content (AvgIpc) is 2.55. The number of hydrogen-bond acceptors (Lipinski definition) is 3. The zero-order valence-corrected chi connectivity index (χ0v) is 16.5. The van der Waals surface area contributed by atoms with Gasteiger partial charge in [-0.25, -0.2) is 8.42 Å². The standard InChI is InChI=1S/C16H24BrN3O3S/c1-3-13(2)18-16(21)12-19-8-10-20(11-9-19)24(22,23)15-6-4-14(17)5-7-15/h4-7,13H,3,8-12H2,1-2H3,(H,18,21)/p+1/t13-/m1/s1. The van der Waals surface area contributed by atoms with Gasteiger partial charge in [-0.15, -0.1) is 0 Å². The van der Waals surface area contributed by atoms with E-state index in [9.17, 15) is 13.2 Å². The summed E-state index contributed by atoms with van der Waals surface area (Å²) in [5.74, 6) is 0.0311. The van der Waals surface area contributed by atoms with Crippen LogP contribution in [-0.2, 0) is 14.8 Å². The second-order valence-electron chi connectivity index (χ2n) is 6.16. The molecule has 1 aliphatic rings. The van der Waals surface area contributed by atoms with Crippen LogP contribution in [0.15, 0.2) is 33.6 Å². The quantitative estimate of drug-likeness (QED) is 0.695. The smallest absolute Gasteiger partial charge is 0.275 e. The van der Waals surface area contributed by atoms with Crippen molar-refractivity contribution in [3.63, 3.8) is 0 Å². The van der Waals surface area contributed by atoms with Gasteiger partial charge < -0.3 is 10.2 Å². The number of sulfonamides is 1. The molecule has 1 aliphatic heterocycles. The van der Waals surface area contributed by atoms with Gasteiger partial charge in [-0.2, -0.15) is 4.31 Å². The molecule has 0 aliphatic carbocycles. The van der Waals surface area contributed by atoms with Crippen molar-refractivity contribution in [2.75, 3.05) is 32.7 Å². The molecule has 134 valence electrons. The summed E-state index contributed by atoms with van der Waals surface area (Å²) in [6, 6.07) is 6.86. The molecule has 2 rings (SSSR count). The molecule has 0 saturated carbocycles. The summed E-state index contributed by atoms with van der Waals surface area (Å²) in [6.07, 6.45) is 0.903. The molecule has 0 bridgehead atoms. The van der Waals surface area contributed by atoms with Crippen LogP contribution in [0.4, 0.5) is 0 Å². The second-order valence-corrected chi connectivity index (χ2v) is 9.02. The summed E-state index contributed by atoms with van der Waals surface area (Å²) in [4.78, 5) is 13.4. The Morgan fingerprint density at radius 1 is 1.29 bits per heavy atom. The van der Waals surface area contributed by atoms with Crippen molar-refractivity contribution in [1.82, 2.24) is 9.62 Å². The molecule has 0 aromatic heterocycles. The first-order chi connectivity index (χ1) is 11.3. The number of rotatable bonds is 6. The molecule has 8 heteroatoms. The van der Waals surface area contributed by atoms with Gasteiger partial charge in [0.15, 0.2) is 6.54 Å². The van der Waals surface area contributed by atoms with E-state index in [0.29, 0.717) is 37.6 Å². The van der Waals surface area contributed by atoms with Crippen LogP contribution in [0.1, 0.15) is 20.3 Å². The minimum atomic E-state index is -3.46. The lowest BCUT2D eigenvalue weighted by Gasteiger charge is -2.31. The number of amides is 1. The fraction of sp³-hybridized carbons (Fsp3) is 0.562. The van der Waals surface area contributed by atoms with Gasteiger partial charge in [0.25, 0.3) is 5.91 Å². The number of nitrogens with zero attached hydrogens (tertiary/aromatic N) is 1. The Morgan fingerprint density at radius 3 is 2.42 bits per heavy atom. The third kappa shape index (κ3) is 5.02. The predicted molar refractivity (Wildman–Crippen MR) is 96.4 cm³/mol. The predicted octanol–water partition coefficient (Wildman–Crippen LogP) is 0.253. The highest BCUT2D eigenvalue weighted by molar-refractivity contribution is 9.10. The summed E-state index contributed by atoms with van der Waals surface area (Å²) in [6.45, 7) is 6.57. The van der Waals surface area contributed by atoms with E-state index in [2.05, 4.69) is 21.2 Å². The molecule has 24 heavy (non-hydrogen) atoms. The van der Waals surface area contributed by atoms with Gasteiger partial charge in [-0.05, 0) is 37.6 Å². The maximum atomic E-state index is 12.6. The first-order valence-corrected chi connectivity index (χ1v) is 10.4. The van der Waals surface area contributed by atoms with Crippen molar-refractivity contribution in [3.05, 3.63) is 28.7 Å². The van der Waals surface area contributed by atoms with Crippen molar-refractivity contribution in [3.8, 4) is 0 Å². The monoisotopic (exact) mass is 418 g/mol. The highest BCUT2D eigenvalue weighted by Gasteiger charge is 2.31. The normalized spacial score (nSPS) is 18.3. The van der Waals surface area contributed by atoms with Crippen molar-refractivity contribution in [2.45, 2.75) is 31.2 Å². The zero-order valence-electron chi connectivity index (χ0n) is 14.1. The average molecular weight is 419 g/mol. The van der Waals surface area contributed by atoms with Crippen molar-refractivity contribution >= 4 is 31.9 Å². The molecule has 0 unspecified atom stereocenters. The molecule has 6 nitrogen and oxygen atoms in total. The molecule has 0 radical (unpaired) electrons. The maximum absolute atomic E-state index is 12.6. The first kappa shape index (κ1) is 19.4. The van der Waals surface area contributed by atoms with Crippen LogP contribution in [0.5, 0.6) is 0 Å². The van der Waals surface area contributed by atoms with Gasteiger partial charge in [-0.3, -0.25) is 4.79 Å². The SMILES string of the molecule is CC[C@@H](C)NC(=O)C[NH+]1CCN(S(=O)(=O)c2ccc(Br)cc2)CC1. The van der Waals surface area contributed by atoms with Crippen LogP contribution in [0.3, 0.4) is 0 Å². The molecule has 1 aromatic carbocycles. The maximum Gasteiger partial charge on any atom is 0.275 e. The molecule has 1 atom stereocenters. The molecule has 1 heterocycles. The van der Waals surface area contributed by atoms with E-state index in [4.69, 9.17) is 0 Å². The lowest BCUT2D eigenvalue weighted by molar-refractivity contribution is -0.895. The lowest BCUT2D eigenvalue weighted by atomic mass is 10.2. The number of piperazine rings is 1. The van der Waals surface area contributed by atoms with Gasteiger partial charge in [0, 0.05) is 10.5 Å². The highest BCUT2D eigenvalue weighted by atomic mass is 79.9. The summed E-state index contributed by atoms with van der Waals surface area (Å²) in [7, 11) is -3.46. The lowest BCUT2D eigenvalue weighted by Crippen LogP contribution is -3.15. The Labute approximate surface area is 152 Å². The van der Waals surface area contributed by atoms with E-state index < -0.39 is 10.0 Å². The third-order valence-corrected chi connectivity index (χ3v) is 6.75. The van der Waals surface area contributed by atoms with Crippen LogP contribution in [-0.4, -0.2) is 57.4 Å². The molecular formula is C16H25BrN3O3S+. The minimum absolute atomic E-state index is 0.0311. The summed E-state index contributed by atoms with van der Waals surface area (Å²) >= 11 is 3.31. The van der Waals surface area contributed by atoms with E-state index >= 15 is 0 Å². The fourth-order valence-corrected chi connectivity index (χ4v) is 4.34. The largest absolute Gasteiger partial charge is 0.349 e. The van der Waals surface area contributed by atoms with Crippen molar-refractivity contribution in [2.24, 2.45) is 0 Å². The summed E-state index contributed by atoms with van der Waals surface area (Å²) in [5, 5.41) is 2.95. The van der Waals surface area contributed by atoms with E-state index in [0.717, 1.165) is 15.8 Å². The number of hydrogen-bond donors (Lipinski definition) is 2. The minimum Gasteiger partial charge on any atom is -0.349 e. The number of halogens is 1. The van der Waals surface area contributed by atoms with Crippen molar-refractivity contribution in [1.29, 1.82) is 0 Å². The number of carbonyl (C=O) groups excluding carboxylic acids is 1. The molecule has 1 saturated heterocycles. The van der Waals surface area contributed by atoms with Crippen molar-refractivity contribution < 1.29 is 18.1 Å². The Morgan fingerprint density at radius 2 is 1.88 bits per heavy atom. The van der Waals surface area contributed by atoms with Crippen LogP contribution < -0.4 is 10.2 Å². The Balaban J connectivity index is 1.90. The van der Waals surface area contributed by atoms with Gasteiger partial charge in [0.1, 0.15) is 0 Å². The van der Waals surface area contributed by atoms with E-state index in [-0.39, 0.29) is 11.9 Å². The van der Waals surface area contributed by atoms with Crippen LogP contribution in [0.2, 0.25) is 0 Å². The molecule has 0 spiro atoms. The number of nitrogens with one attached hydrogen (secondary N) is 2. The number of carbonyl (C=O) groups is 1. The molecule has 1 aromatic rings. The summed E-state index contributed by atoms with van der Waals surface area (Å²) in [5.41, 5.74) is 0. The first-order valence-electron chi connectivity index (χ1n) is 8.21. The van der Waals surface area contributed by atoms with Crippen LogP contribution in [0, 0.1) is 0 Å². The number of benzene rings is 1.